The Hall–Kier alpha value is -1.86. The number of nitrogen functional groups attached to an aromatic ring is 1. The maximum absolute atomic E-state index is 6.32. The van der Waals surface area contributed by atoms with Crippen molar-refractivity contribution in [1.29, 1.82) is 0 Å². The molecule has 122 valence electrons. The highest BCUT2D eigenvalue weighted by Gasteiger charge is 2.20. The first kappa shape index (κ1) is 16.0. The van der Waals surface area contributed by atoms with Crippen molar-refractivity contribution in [2.75, 3.05) is 48.7 Å². The zero-order valence-electron chi connectivity index (χ0n) is 13.2. The minimum Gasteiger partial charge on any atom is -0.393 e. The van der Waals surface area contributed by atoms with E-state index < -0.39 is 0 Å². The van der Waals surface area contributed by atoms with E-state index in [0.717, 1.165) is 48.7 Å². The lowest BCUT2D eigenvalue weighted by Crippen LogP contribution is -2.46. The van der Waals surface area contributed by atoms with E-state index in [9.17, 15) is 0 Å². The first-order chi connectivity index (χ1) is 11.2. The van der Waals surface area contributed by atoms with E-state index in [2.05, 4.69) is 47.9 Å². The number of hydrogen-bond donors (Lipinski definition) is 2. The van der Waals surface area contributed by atoms with E-state index in [0.29, 0.717) is 11.5 Å². The molecule has 1 fully saturated rings. The van der Waals surface area contributed by atoms with Gasteiger partial charge in [-0.25, -0.2) is 9.97 Å². The number of anilines is 4. The summed E-state index contributed by atoms with van der Waals surface area (Å²) in [5.41, 5.74) is 7.84. The van der Waals surface area contributed by atoms with Gasteiger partial charge in [-0.2, -0.15) is 0 Å². The summed E-state index contributed by atoms with van der Waals surface area (Å²) in [7, 11) is 0. The molecule has 3 N–H and O–H groups in total. The van der Waals surface area contributed by atoms with Gasteiger partial charge in [0.1, 0.15) is 12.0 Å². The number of nitrogens with two attached hydrogens (primary N) is 1. The molecule has 0 amide bonds. The lowest BCUT2D eigenvalue weighted by molar-refractivity contribution is 0.270. The second-order valence-electron chi connectivity index (χ2n) is 5.49. The molecule has 1 aromatic carbocycles. The van der Waals surface area contributed by atoms with Crippen LogP contribution in [0.25, 0.3) is 0 Å². The van der Waals surface area contributed by atoms with E-state index in [1.807, 2.05) is 24.3 Å². The number of likely N-dealkylation sites (N-methyl/N-ethyl adjacent to an activating group) is 1. The Labute approximate surface area is 144 Å². The van der Waals surface area contributed by atoms with E-state index in [-0.39, 0.29) is 0 Å². The van der Waals surface area contributed by atoms with Crippen molar-refractivity contribution in [1.82, 2.24) is 14.9 Å². The molecule has 0 atom stereocenters. The van der Waals surface area contributed by atoms with Crippen LogP contribution in [-0.4, -0.2) is 47.6 Å². The van der Waals surface area contributed by atoms with Crippen LogP contribution in [0.1, 0.15) is 6.92 Å². The summed E-state index contributed by atoms with van der Waals surface area (Å²) in [6.45, 7) is 7.21. The number of benzene rings is 1. The van der Waals surface area contributed by atoms with Gasteiger partial charge >= 0.3 is 0 Å². The van der Waals surface area contributed by atoms with E-state index >= 15 is 0 Å². The van der Waals surface area contributed by atoms with Crippen LogP contribution in [0.3, 0.4) is 0 Å². The number of nitrogens with one attached hydrogen (secondary N) is 1. The van der Waals surface area contributed by atoms with Gasteiger partial charge in [0.2, 0.25) is 0 Å². The number of halogens is 1. The summed E-state index contributed by atoms with van der Waals surface area (Å²) in [5.74, 6) is 1.45. The van der Waals surface area contributed by atoms with Crippen molar-refractivity contribution in [3.05, 3.63) is 35.1 Å². The minimum absolute atomic E-state index is 0.591. The molecule has 1 aliphatic heterocycles. The van der Waals surface area contributed by atoms with Gasteiger partial charge in [-0.1, -0.05) is 19.1 Å². The molecule has 1 aliphatic rings. The molecule has 2 aromatic rings. The molecule has 0 bridgehead atoms. The molecule has 6 nitrogen and oxygen atoms in total. The van der Waals surface area contributed by atoms with Gasteiger partial charge in [0.25, 0.3) is 0 Å². The van der Waals surface area contributed by atoms with Gasteiger partial charge in [-0.15, -0.1) is 0 Å². The third kappa shape index (κ3) is 3.56. The molecule has 7 heteroatoms. The molecular weight excluding hydrogens is 356 g/mol. The van der Waals surface area contributed by atoms with Crippen molar-refractivity contribution in [2.24, 2.45) is 0 Å². The number of hydrogen-bond acceptors (Lipinski definition) is 6. The zero-order valence-corrected chi connectivity index (χ0v) is 14.8. The third-order valence-corrected chi connectivity index (χ3v) is 4.80. The summed E-state index contributed by atoms with van der Waals surface area (Å²) in [6.07, 6.45) is 1.57. The maximum atomic E-state index is 6.32. The quantitative estimate of drug-likeness (QED) is 0.854. The molecule has 0 saturated carbocycles. The standard InChI is InChI=1S/C16H21BrN6/c1-2-22-7-9-23(10-8-22)16-14(18)15(19-11-20-16)21-13-6-4-3-5-12(13)17/h3-6,11H,2,7-10,18H2,1H3,(H,19,20,21). The Morgan fingerprint density at radius 1 is 1.17 bits per heavy atom. The summed E-state index contributed by atoms with van der Waals surface area (Å²) >= 11 is 3.53. The van der Waals surface area contributed by atoms with Crippen LogP contribution < -0.4 is 16.0 Å². The highest BCUT2D eigenvalue weighted by Crippen LogP contribution is 2.31. The molecular formula is C16H21BrN6. The second-order valence-corrected chi connectivity index (χ2v) is 6.34. The Kier molecular flexibility index (Phi) is 4.97. The molecule has 1 aromatic heterocycles. The molecule has 0 spiro atoms. The average Bonchev–Trinajstić information content (AvgIpc) is 2.59. The number of piperazine rings is 1. The fourth-order valence-electron chi connectivity index (χ4n) is 2.70. The number of nitrogens with zero attached hydrogens (tertiary/aromatic N) is 4. The van der Waals surface area contributed by atoms with E-state index in [1.165, 1.54) is 0 Å². The highest BCUT2D eigenvalue weighted by atomic mass is 79.9. The van der Waals surface area contributed by atoms with Gasteiger partial charge in [0.05, 0.1) is 5.69 Å². The van der Waals surface area contributed by atoms with Gasteiger partial charge in [0.15, 0.2) is 11.6 Å². The molecule has 0 unspecified atom stereocenters. The lowest BCUT2D eigenvalue weighted by atomic mass is 10.3. The zero-order chi connectivity index (χ0) is 16.2. The fourth-order valence-corrected chi connectivity index (χ4v) is 3.09. The molecule has 2 heterocycles. The smallest absolute Gasteiger partial charge is 0.159 e. The summed E-state index contributed by atoms with van der Waals surface area (Å²) in [4.78, 5) is 13.3. The predicted octanol–water partition coefficient (Wildman–Crippen LogP) is 2.71. The Morgan fingerprint density at radius 3 is 2.61 bits per heavy atom. The van der Waals surface area contributed by atoms with Crippen LogP contribution in [0.2, 0.25) is 0 Å². The first-order valence-corrected chi connectivity index (χ1v) is 8.57. The largest absolute Gasteiger partial charge is 0.393 e. The normalized spacial score (nSPS) is 15.7. The molecule has 0 aliphatic carbocycles. The van der Waals surface area contributed by atoms with Crippen LogP contribution in [0.4, 0.5) is 23.0 Å². The Bertz CT molecular complexity index is 669. The van der Waals surface area contributed by atoms with Crippen LogP contribution in [0.15, 0.2) is 35.1 Å². The molecule has 3 rings (SSSR count). The molecule has 1 saturated heterocycles. The Morgan fingerprint density at radius 2 is 1.91 bits per heavy atom. The SMILES string of the molecule is CCN1CCN(c2ncnc(Nc3ccccc3Br)c2N)CC1. The topological polar surface area (TPSA) is 70.3 Å². The van der Waals surface area contributed by atoms with Crippen molar-refractivity contribution < 1.29 is 0 Å². The summed E-state index contributed by atoms with van der Waals surface area (Å²) in [5, 5.41) is 3.28. The first-order valence-electron chi connectivity index (χ1n) is 7.78. The van der Waals surface area contributed by atoms with Gasteiger partial charge in [0, 0.05) is 30.7 Å². The van der Waals surface area contributed by atoms with Crippen molar-refractivity contribution in [3.63, 3.8) is 0 Å². The maximum Gasteiger partial charge on any atom is 0.159 e. The number of para-hydroxylation sites is 1. The van der Waals surface area contributed by atoms with Crippen molar-refractivity contribution in [3.8, 4) is 0 Å². The van der Waals surface area contributed by atoms with Gasteiger partial charge in [-0.05, 0) is 34.6 Å². The predicted molar refractivity (Wildman–Crippen MR) is 98.2 cm³/mol. The minimum atomic E-state index is 0.591. The summed E-state index contributed by atoms with van der Waals surface area (Å²) < 4.78 is 0.969. The molecule has 0 radical (unpaired) electrons. The van der Waals surface area contributed by atoms with Crippen LogP contribution in [0.5, 0.6) is 0 Å². The van der Waals surface area contributed by atoms with Crippen LogP contribution >= 0.6 is 15.9 Å². The van der Waals surface area contributed by atoms with Crippen LogP contribution in [-0.2, 0) is 0 Å². The van der Waals surface area contributed by atoms with Gasteiger partial charge < -0.3 is 20.9 Å². The summed E-state index contributed by atoms with van der Waals surface area (Å²) in [6, 6.07) is 7.89. The Balaban J connectivity index is 1.80. The van der Waals surface area contributed by atoms with Crippen LogP contribution in [0, 0.1) is 0 Å². The lowest BCUT2D eigenvalue weighted by Gasteiger charge is -2.35. The molecule has 23 heavy (non-hydrogen) atoms. The average molecular weight is 377 g/mol. The third-order valence-electron chi connectivity index (χ3n) is 4.11. The monoisotopic (exact) mass is 376 g/mol. The number of rotatable bonds is 4. The fraction of sp³-hybridized carbons (Fsp3) is 0.375. The number of aromatic nitrogens is 2. The van der Waals surface area contributed by atoms with E-state index in [4.69, 9.17) is 5.73 Å². The highest BCUT2D eigenvalue weighted by molar-refractivity contribution is 9.10. The van der Waals surface area contributed by atoms with Crippen molar-refractivity contribution in [2.45, 2.75) is 6.92 Å². The van der Waals surface area contributed by atoms with Gasteiger partial charge in [-0.3, -0.25) is 0 Å². The van der Waals surface area contributed by atoms with E-state index in [1.54, 1.807) is 6.33 Å². The van der Waals surface area contributed by atoms with Crippen molar-refractivity contribution >= 4 is 38.9 Å². The second kappa shape index (κ2) is 7.14.